The third-order valence-electron chi connectivity index (χ3n) is 3.51. The fourth-order valence-corrected chi connectivity index (χ4v) is 2.65. The van der Waals surface area contributed by atoms with Crippen LogP contribution in [0.3, 0.4) is 0 Å². The van der Waals surface area contributed by atoms with E-state index in [2.05, 4.69) is 22.5 Å². The second-order valence-electron chi connectivity index (χ2n) is 5.06. The molecule has 3 nitrogen and oxygen atoms in total. The van der Waals surface area contributed by atoms with Gasteiger partial charge in [0.05, 0.1) is 23.5 Å². The normalized spacial score (nSPS) is 10.8. The fraction of sp³-hybridized carbons (Fsp3) is 0.500. The van der Waals surface area contributed by atoms with E-state index in [1.165, 1.54) is 25.7 Å². The van der Waals surface area contributed by atoms with Gasteiger partial charge in [-0.3, -0.25) is 0 Å². The molecule has 1 aromatic heterocycles. The first kappa shape index (κ1) is 14.9. The van der Waals surface area contributed by atoms with E-state index >= 15 is 0 Å². The van der Waals surface area contributed by atoms with Gasteiger partial charge in [0.25, 0.3) is 0 Å². The van der Waals surface area contributed by atoms with Gasteiger partial charge in [0.2, 0.25) is 0 Å². The second-order valence-corrected chi connectivity index (χ2v) is 5.50. The molecule has 0 aliphatic carbocycles. The Hall–Kier alpha value is -1.53. The average Bonchev–Trinajstić information content (AvgIpc) is 2.76. The van der Waals surface area contributed by atoms with Gasteiger partial charge in [-0.15, -0.1) is 0 Å². The number of aromatic nitrogens is 2. The Balaban J connectivity index is 2.16. The number of rotatable bonds is 7. The van der Waals surface area contributed by atoms with Crippen molar-refractivity contribution < 1.29 is 0 Å². The van der Waals surface area contributed by atoms with Gasteiger partial charge in [0, 0.05) is 11.6 Å². The maximum atomic E-state index is 8.94. The van der Waals surface area contributed by atoms with Crippen LogP contribution in [0.25, 0.3) is 11.0 Å². The zero-order chi connectivity index (χ0) is 14.4. The molecule has 1 heterocycles. The van der Waals surface area contributed by atoms with Crippen molar-refractivity contribution in [2.24, 2.45) is 0 Å². The smallest absolute Gasteiger partial charge is 0.124 e. The maximum absolute atomic E-state index is 8.94. The number of hydrogen-bond acceptors (Lipinski definition) is 2. The lowest BCUT2D eigenvalue weighted by atomic mass is 10.1. The lowest BCUT2D eigenvalue weighted by Gasteiger charge is -2.07. The highest BCUT2D eigenvalue weighted by Crippen LogP contribution is 2.21. The van der Waals surface area contributed by atoms with Crippen LogP contribution in [0, 0.1) is 11.3 Å². The van der Waals surface area contributed by atoms with Crippen molar-refractivity contribution in [3.8, 4) is 6.07 Å². The van der Waals surface area contributed by atoms with E-state index in [0.29, 0.717) is 11.4 Å². The van der Waals surface area contributed by atoms with Crippen LogP contribution < -0.4 is 0 Å². The molecule has 0 saturated heterocycles. The first-order valence-corrected chi connectivity index (χ1v) is 7.65. The van der Waals surface area contributed by atoms with Crippen LogP contribution in [0.1, 0.15) is 44.9 Å². The van der Waals surface area contributed by atoms with Gasteiger partial charge in [-0.25, -0.2) is 4.98 Å². The van der Waals surface area contributed by atoms with Gasteiger partial charge in [-0.05, 0) is 24.6 Å². The molecule has 0 bridgehead atoms. The van der Waals surface area contributed by atoms with Crippen molar-refractivity contribution in [2.75, 3.05) is 0 Å². The van der Waals surface area contributed by atoms with Crippen LogP contribution in [0.15, 0.2) is 18.2 Å². The second kappa shape index (κ2) is 7.31. The molecule has 0 atom stereocenters. The monoisotopic (exact) mass is 289 g/mol. The minimum atomic E-state index is 0.348. The van der Waals surface area contributed by atoms with Gasteiger partial charge < -0.3 is 4.57 Å². The van der Waals surface area contributed by atoms with Gasteiger partial charge in [-0.2, -0.15) is 5.26 Å². The fourth-order valence-electron chi connectivity index (χ4n) is 2.48. The molecular formula is C16H20ClN3. The van der Waals surface area contributed by atoms with E-state index in [1.807, 2.05) is 18.2 Å². The molecule has 0 radical (unpaired) electrons. The Kier molecular flexibility index (Phi) is 5.43. The van der Waals surface area contributed by atoms with Crippen molar-refractivity contribution in [1.82, 2.24) is 9.55 Å². The van der Waals surface area contributed by atoms with Crippen molar-refractivity contribution >= 4 is 22.6 Å². The molecule has 2 rings (SSSR count). The highest BCUT2D eigenvalue weighted by atomic mass is 35.5. The number of nitriles is 1. The molecule has 0 aliphatic rings. The Morgan fingerprint density at radius 2 is 2.05 bits per heavy atom. The Morgan fingerprint density at radius 1 is 1.25 bits per heavy atom. The molecule has 0 N–H and O–H groups in total. The summed E-state index contributed by atoms with van der Waals surface area (Å²) in [6.45, 7) is 3.15. The predicted molar refractivity (Wildman–Crippen MR) is 82.8 cm³/mol. The molecule has 0 saturated carbocycles. The summed E-state index contributed by atoms with van der Waals surface area (Å²) in [5.74, 6) is 0.847. The van der Waals surface area contributed by atoms with Crippen LogP contribution in [-0.2, 0) is 13.0 Å². The predicted octanol–water partition coefficient (Wildman–Crippen LogP) is 4.73. The number of imidazole rings is 1. The Bertz CT molecular complexity index is 610. The van der Waals surface area contributed by atoms with E-state index in [0.717, 1.165) is 29.8 Å². The summed E-state index contributed by atoms with van der Waals surface area (Å²) in [5, 5.41) is 9.62. The molecule has 0 aliphatic heterocycles. The number of benzene rings is 1. The molecule has 0 fully saturated rings. The largest absolute Gasteiger partial charge is 0.327 e. The summed E-state index contributed by atoms with van der Waals surface area (Å²) in [7, 11) is 0. The zero-order valence-corrected chi connectivity index (χ0v) is 12.7. The molecular weight excluding hydrogens is 270 g/mol. The van der Waals surface area contributed by atoms with Gasteiger partial charge >= 0.3 is 0 Å². The summed E-state index contributed by atoms with van der Waals surface area (Å²) in [6.07, 6.45) is 6.54. The standard InChI is InChI=1S/C16H20ClN3/c1-2-3-4-5-6-11-20-15-8-7-13(17)12-14(15)19-16(20)9-10-18/h7-8,12H,2-6,9,11H2,1H3. The number of halogens is 1. The summed E-state index contributed by atoms with van der Waals surface area (Å²) < 4.78 is 2.17. The molecule has 2 aromatic rings. The van der Waals surface area contributed by atoms with Crippen molar-refractivity contribution in [3.63, 3.8) is 0 Å². The average molecular weight is 290 g/mol. The van der Waals surface area contributed by atoms with Crippen molar-refractivity contribution in [1.29, 1.82) is 5.26 Å². The van der Waals surface area contributed by atoms with Gasteiger partial charge in [-0.1, -0.05) is 44.2 Å². The van der Waals surface area contributed by atoms with Crippen LogP contribution in [0.2, 0.25) is 5.02 Å². The van der Waals surface area contributed by atoms with Crippen LogP contribution in [0.5, 0.6) is 0 Å². The third kappa shape index (κ3) is 3.52. The van der Waals surface area contributed by atoms with Gasteiger partial charge in [0.15, 0.2) is 0 Å². The molecule has 106 valence electrons. The molecule has 4 heteroatoms. The van der Waals surface area contributed by atoms with Crippen LogP contribution in [0.4, 0.5) is 0 Å². The summed E-state index contributed by atoms with van der Waals surface area (Å²) in [5.41, 5.74) is 1.96. The lowest BCUT2D eigenvalue weighted by molar-refractivity contribution is 0.566. The zero-order valence-electron chi connectivity index (χ0n) is 11.9. The summed E-state index contributed by atoms with van der Waals surface area (Å²) in [4.78, 5) is 4.53. The van der Waals surface area contributed by atoms with E-state index in [4.69, 9.17) is 16.9 Å². The van der Waals surface area contributed by atoms with Crippen molar-refractivity contribution in [2.45, 2.75) is 52.0 Å². The summed E-state index contributed by atoms with van der Waals surface area (Å²) >= 11 is 6.00. The lowest BCUT2D eigenvalue weighted by Crippen LogP contribution is -2.03. The van der Waals surface area contributed by atoms with Crippen molar-refractivity contribution in [3.05, 3.63) is 29.0 Å². The number of hydrogen-bond donors (Lipinski definition) is 0. The molecule has 0 amide bonds. The first-order chi connectivity index (χ1) is 9.76. The number of nitrogens with zero attached hydrogens (tertiary/aromatic N) is 3. The number of unbranched alkanes of at least 4 members (excludes halogenated alkanes) is 4. The quantitative estimate of drug-likeness (QED) is 0.692. The van der Waals surface area contributed by atoms with Crippen LogP contribution in [-0.4, -0.2) is 9.55 Å². The third-order valence-corrected chi connectivity index (χ3v) is 3.75. The van der Waals surface area contributed by atoms with E-state index in [1.54, 1.807) is 0 Å². The molecule has 1 aromatic carbocycles. The Morgan fingerprint density at radius 3 is 2.80 bits per heavy atom. The first-order valence-electron chi connectivity index (χ1n) is 7.28. The minimum Gasteiger partial charge on any atom is -0.327 e. The Labute approximate surface area is 125 Å². The minimum absolute atomic E-state index is 0.348. The SMILES string of the molecule is CCCCCCCn1c(CC#N)nc2cc(Cl)ccc21. The number of fused-ring (bicyclic) bond motifs is 1. The maximum Gasteiger partial charge on any atom is 0.124 e. The highest BCUT2D eigenvalue weighted by Gasteiger charge is 2.10. The topological polar surface area (TPSA) is 41.6 Å². The number of aryl methyl sites for hydroxylation is 1. The van der Waals surface area contributed by atoms with E-state index in [9.17, 15) is 0 Å². The summed E-state index contributed by atoms with van der Waals surface area (Å²) in [6, 6.07) is 7.94. The highest BCUT2D eigenvalue weighted by molar-refractivity contribution is 6.31. The van der Waals surface area contributed by atoms with Crippen LogP contribution >= 0.6 is 11.6 Å². The van der Waals surface area contributed by atoms with Gasteiger partial charge in [0.1, 0.15) is 5.82 Å². The van der Waals surface area contributed by atoms with E-state index in [-0.39, 0.29) is 0 Å². The molecule has 0 unspecified atom stereocenters. The molecule has 0 spiro atoms. The van der Waals surface area contributed by atoms with E-state index < -0.39 is 0 Å². The molecule has 20 heavy (non-hydrogen) atoms.